The number of anilines is 1. The summed E-state index contributed by atoms with van der Waals surface area (Å²) in [6.45, 7) is 4.45. The second-order valence-corrected chi connectivity index (χ2v) is 9.55. The van der Waals surface area contributed by atoms with E-state index in [1.54, 1.807) is 12.1 Å². The fourth-order valence-corrected chi connectivity index (χ4v) is 4.35. The molecule has 31 heavy (non-hydrogen) atoms. The average molecular weight is 457 g/mol. The Kier molecular flexibility index (Phi) is 7.36. The summed E-state index contributed by atoms with van der Waals surface area (Å²) in [4.78, 5) is 12.6. The van der Waals surface area contributed by atoms with Gasteiger partial charge < -0.3 is 5.32 Å². The van der Waals surface area contributed by atoms with Crippen molar-refractivity contribution in [3.05, 3.63) is 94.0 Å². The number of nitrogens with one attached hydrogen (secondary N) is 2. The fraction of sp³-hybridized carbons (Fsp3) is 0.208. The number of carbonyl (C=O) groups excluding carboxylic acids is 1. The van der Waals surface area contributed by atoms with E-state index in [4.69, 9.17) is 11.6 Å². The molecule has 3 aromatic carbocycles. The predicted octanol–water partition coefficient (Wildman–Crippen LogP) is 5.12. The minimum Gasteiger partial charge on any atom is -0.352 e. The molecule has 0 heterocycles. The Morgan fingerprint density at radius 3 is 2.13 bits per heavy atom. The number of halogens is 1. The highest BCUT2D eigenvalue weighted by molar-refractivity contribution is 7.92. The molecule has 3 aromatic rings. The first-order chi connectivity index (χ1) is 14.7. The van der Waals surface area contributed by atoms with Crippen LogP contribution in [0.2, 0.25) is 5.02 Å². The summed E-state index contributed by atoms with van der Waals surface area (Å²) in [5.41, 5.74) is 4.01. The zero-order valence-electron chi connectivity index (χ0n) is 17.5. The lowest BCUT2D eigenvalue weighted by Crippen LogP contribution is -2.25. The Morgan fingerprint density at radius 2 is 1.52 bits per heavy atom. The van der Waals surface area contributed by atoms with Crippen LogP contribution in [0.5, 0.6) is 0 Å². The summed E-state index contributed by atoms with van der Waals surface area (Å²) in [5, 5.41) is 3.04. The first-order valence-electron chi connectivity index (χ1n) is 9.97. The molecule has 0 atom stereocenters. The molecule has 0 aromatic heterocycles. The maximum Gasteiger partial charge on any atom is 0.261 e. The van der Waals surface area contributed by atoms with Gasteiger partial charge in [-0.3, -0.25) is 9.52 Å². The van der Waals surface area contributed by atoms with E-state index in [2.05, 4.69) is 34.3 Å². The van der Waals surface area contributed by atoms with Crippen molar-refractivity contribution in [2.45, 2.75) is 31.6 Å². The van der Waals surface area contributed by atoms with Crippen molar-refractivity contribution in [2.24, 2.45) is 0 Å². The molecule has 0 unspecified atom stereocenters. The summed E-state index contributed by atoms with van der Waals surface area (Å²) < 4.78 is 27.5. The number of aryl methyl sites for hydroxylation is 3. The Hall–Kier alpha value is -2.83. The predicted molar refractivity (Wildman–Crippen MR) is 125 cm³/mol. The quantitative estimate of drug-likeness (QED) is 0.462. The number of sulfonamides is 1. The van der Waals surface area contributed by atoms with Crippen molar-refractivity contribution >= 4 is 33.2 Å². The molecule has 2 N–H and O–H groups in total. The van der Waals surface area contributed by atoms with Gasteiger partial charge in [-0.2, -0.15) is 0 Å². The van der Waals surface area contributed by atoms with Gasteiger partial charge in [-0.25, -0.2) is 8.42 Å². The molecule has 0 aliphatic heterocycles. The minimum absolute atomic E-state index is 0.157. The lowest BCUT2D eigenvalue weighted by Gasteiger charge is -2.11. The molecule has 0 saturated carbocycles. The minimum atomic E-state index is -3.74. The third-order valence-electron chi connectivity index (χ3n) is 4.85. The summed E-state index contributed by atoms with van der Waals surface area (Å²) in [7, 11) is -3.74. The maximum absolute atomic E-state index is 12.5. The van der Waals surface area contributed by atoms with Gasteiger partial charge in [0.05, 0.1) is 21.2 Å². The molecule has 0 spiro atoms. The van der Waals surface area contributed by atoms with Crippen molar-refractivity contribution in [2.75, 3.05) is 11.3 Å². The number of amides is 1. The van der Waals surface area contributed by atoms with Crippen molar-refractivity contribution in [1.29, 1.82) is 0 Å². The number of benzene rings is 3. The normalized spacial score (nSPS) is 11.2. The standard InChI is InChI=1S/C24H25ClN2O3S/c1-17-5-9-19(10-6-17)4-3-15-26-24(28)22-14-11-20(16-23(22)25)27-31(29,30)21-12-7-18(2)8-13-21/h5-14,16,27H,3-4,15H2,1-2H3,(H,26,28). The molecule has 5 nitrogen and oxygen atoms in total. The van der Waals surface area contributed by atoms with E-state index in [-0.39, 0.29) is 15.8 Å². The maximum atomic E-state index is 12.5. The Bertz CT molecular complexity index is 1160. The third-order valence-corrected chi connectivity index (χ3v) is 6.56. The van der Waals surface area contributed by atoms with Crippen molar-refractivity contribution < 1.29 is 13.2 Å². The molecule has 0 saturated heterocycles. The lowest BCUT2D eigenvalue weighted by atomic mass is 10.1. The van der Waals surface area contributed by atoms with E-state index in [0.717, 1.165) is 18.4 Å². The zero-order chi connectivity index (χ0) is 22.4. The molecule has 0 aliphatic carbocycles. The highest BCUT2D eigenvalue weighted by atomic mass is 35.5. The molecule has 0 bridgehead atoms. The summed E-state index contributed by atoms with van der Waals surface area (Å²) in [6, 6.07) is 19.3. The largest absolute Gasteiger partial charge is 0.352 e. The number of hydrogen-bond acceptors (Lipinski definition) is 3. The molecule has 3 rings (SSSR count). The first kappa shape index (κ1) is 22.8. The van der Waals surface area contributed by atoms with E-state index in [9.17, 15) is 13.2 Å². The summed E-state index contributed by atoms with van der Waals surface area (Å²) >= 11 is 6.25. The van der Waals surface area contributed by atoms with Crippen LogP contribution in [0.25, 0.3) is 0 Å². The number of hydrogen-bond donors (Lipinski definition) is 2. The Balaban J connectivity index is 1.57. The van der Waals surface area contributed by atoms with Crippen molar-refractivity contribution in [1.82, 2.24) is 5.32 Å². The van der Waals surface area contributed by atoms with Gasteiger partial charge >= 0.3 is 0 Å². The molecular weight excluding hydrogens is 432 g/mol. The highest BCUT2D eigenvalue weighted by Crippen LogP contribution is 2.23. The molecule has 162 valence electrons. The van der Waals surface area contributed by atoms with Crippen LogP contribution in [0.15, 0.2) is 71.6 Å². The van der Waals surface area contributed by atoms with Gasteiger partial charge in [-0.05, 0) is 62.6 Å². The van der Waals surface area contributed by atoms with E-state index in [1.165, 1.54) is 41.5 Å². The van der Waals surface area contributed by atoms with E-state index in [1.807, 2.05) is 13.8 Å². The van der Waals surface area contributed by atoms with E-state index >= 15 is 0 Å². The average Bonchev–Trinajstić information content (AvgIpc) is 2.72. The Labute approximate surface area is 188 Å². The molecule has 0 aliphatic rings. The molecule has 0 radical (unpaired) electrons. The van der Waals surface area contributed by atoms with Crippen LogP contribution in [0.3, 0.4) is 0 Å². The van der Waals surface area contributed by atoms with Gasteiger partial charge in [0, 0.05) is 6.54 Å². The van der Waals surface area contributed by atoms with E-state index < -0.39 is 10.0 Å². The van der Waals surface area contributed by atoms with Crippen LogP contribution in [-0.4, -0.2) is 20.9 Å². The second-order valence-electron chi connectivity index (χ2n) is 7.46. The van der Waals surface area contributed by atoms with Crippen LogP contribution >= 0.6 is 11.6 Å². The fourth-order valence-electron chi connectivity index (χ4n) is 3.04. The van der Waals surface area contributed by atoms with Gasteiger partial charge in [-0.1, -0.05) is 59.1 Å². The van der Waals surface area contributed by atoms with Gasteiger partial charge in [0.2, 0.25) is 0 Å². The van der Waals surface area contributed by atoms with Gasteiger partial charge in [0.15, 0.2) is 0 Å². The SMILES string of the molecule is Cc1ccc(CCCNC(=O)c2ccc(NS(=O)(=O)c3ccc(C)cc3)cc2Cl)cc1. The topological polar surface area (TPSA) is 75.3 Å². The van der Waals surface area contributed by atoms with Gasteiger partial charge in [0.1, 0.15) is 0 Å². The summed E-state index contributed by atoms with van der Waals surface area (Å²) in [5.74, 6) is -0.290. The smallest absolute Gasteiger partial charge is 0.261 e. The van der Waals surface area contributed by atoms with Crippen LogP contribution in [0.1, 0.15) is 33.5 Å². The first-order valence-corrected chi connectivity index (χ1v) is 11.8. The summed E-state index contributed by atoms with van der Waals surface area (Å²) in [6.07, 6.45) is 1.68. The van der Waals surface area contributed by atoms with Crippen molar-refractivity contribution in [3.8, 4) is 0 Å². The van der Waals surface area contributed by atoms with Crippen LogP contribution in [0.4, 0.5) is 5.69 Å². The molecular formula is C24H25ClN2O3S. The van der Waals surface area contributed by atoms with Gasteiger partial charge in [0.25, 0.3) is 15.9 Å². The lowest BCUT2D eigenvalue weighted by molar-refractivity contribution is 0.0953. The van der Waals surface area contributed by atoms with E-state index in [0.29, 0.717) is 17.8 Å². The Morgan fingerprint density at radius 1 is 0.903 bits per heavy atom. The van der Waals surface area contributed by atoms with Crippen LogP contribution < -0.4 is 10.0 Å². The zero-order valence-corrected chi connectivity index (χ0v) is 19.1. The van der Waals surface area contributed by atoms with Gasteiger partial charge in [-0.15, -0.1) is 0 Å². The third kappa shape index (κ3) is 6.32. The molecule has 1 amide bonds. The molecule has 0 fully saturated rings. The second kappa shape index (κ2) is 9.98. The highest BCUT2D eigenvalue weighted by Gasteiger charge is 2.16. The number of rotatable bonds is 8. The number of carbonyl (C=O) groups is 1. The van der Waals surface area contributed by atoms with Crippen molar-refractivity contribution in [3.63, 3.8) is 0 Å². The monoisotopic (exact) mass is 456 g/mol. The molecule has 7 heteroatoms. The van der Waals surface area contributed by atoms with Crippen LogP contribution in [-0.2, 0) is 16.4 Å². The van der Waals surface area contributed by atoms with Crippen LogP contribution in [0, 0.1) is 13.8 Å².